The van der Waals surface area contributed by atoms with Crippen molar-refractivity contribution in [2.24, 2.45) is 5.41 Å². The van der Waals surface area contributed by atoms with Crippen molar-refractivity contribution in [1.29, 1.82) is 0 Å². The van der Waals surface area contributed by atoms with Gasteiger partial charge >= 0.3 is 0 Å². The van der Waals surface area contributed by atoms with E-state index < -0.39 is 0 Å². The van der Waals surface area contributed by atoms with Gasteiger partial charge in [-0.05, 0) is 43.4 Å². The summed E-state index contributed by atoms with van der Waals surface area (Å²) in [7, 11) is 0. The smallest absolute Gasteiger partial charge is 0.273 e. The van der Waals surface area contributed by atoms with Crippen molar-refractivity contribution in [3.8, 4) is 0 Å². The third-order valence-corrected chi connectivity index (χ3v) is 6.32. The van der Waals surface area contributed by atoms with Crippen molar-refractivity contribution in [3.63, 3.8) is 0 Å². The van der Waals surface area contributed by atoms with Gasteiger partial charge in [-0.25, -0.2) is 9.50 Å². The second-order valence-electron chi connectivity index (χ2n) is 7.79. The number of benzene rings is 1. The fourth-order valence-electron chi connectivity index (χ4n) is 5.16. The van der Waals surface area contributed by atoms with Gasteiger partial charge in [0.1, 0.15) is 12.0 Å². The molecule has 2 bridgehead atoms. The molecule has 5 rings (SSSR count). The standard InChI is InChI=1S/C21H22N4O2/c26-13-21(11-15-5-2-1-3-6-15)12-16-9-10-18(21)24(16)20(27)17-7-4-8-19-22-14-23-25(17)19/h1-8,14,16,18,26H,9-13H2/t16-,18+,21-/m1/s1. The van der Waals surface area contributed by atoms with Gasteiger partial charge in [-0.2, -0.15) is 5.10 Å². The van der Waals surface area contributed by atoms with Gasteiger partial charge in [-0.15, -0.1) is 0 Å². The predicted molar refractivity (Wildman–Crippen MR) is 100 cm³/mol. The molecule has 27 heavy (non-hydrogen) atoms. The Morgan fingerprint density at radius 1 is 1.15 bits per heavy atom. The van der Waals surface area contributed by atoms with Gasteiger partial charge in [0, 0.05) is 17.5 Å². The van der Waals surface area contributed by atoms with Crippen LogP contribution in [-0.2, 0) is 6.42 Å². The lowest BCUT2D eigenvalue weighted by molar-refractivity contribution is 0.0564. The summed E-state index contributed by atoms with van der Waals surface area (Å²) in [6.07, 6.45) is 5.06. The first-order valence-corrected chi connectivity index (χ1v) is 9.48. The average Bonchev–Trinajstić information content (AvgIpc) is 3.41. The zero-order valence-electron chi connectivity index (χ0n) is 15.0. The van der Waals surface area contributed by atoms with Crippen molar-refractivity contribution < 1.29 is 9.90 Å². The monoisotopic (exact) mass is 362 g/mol. The Hall–Kier alpha value is -2.73. The lowest BCUT2D eigenvalue weighted by atomic mass is 9.70. The van der Waals surface area contributed by atoms with Crippen LogP contribution in [-0.4, -0.2) is 49.2 Å². The molecular formula is C21H22N4O2. The molecular weight excluding hydrogens is 340 g/mol. The SMILES string of the molecule is O=C(c1cccc2ncnn12)N1[C@@H]2CC[C@H]1[C@](CO)(Cc1ccccc1)C2. The third-order valence-electron chi connectivity index (χ3n) is 6.32. The Bertz CT molecular complexity index is 986. The van der Waals surface area contributed by atoms with Crippen molar-refractivity contribution in [3.05, 3.63) is 66.1 Å². The van der Waals surface area contributed by atoms with Crippen molar-refractivity contribution >= 4 is 11.6 Å². The lowest BCUT2D eigenvalue weighted by Gasteiger charge is -2.36. The first kappa shape index (κ1) is 16.4. The Morgan fingerprint density at radius 2 is 2.00 bits per heavy atom. The summed E-state index contributed by atoms with van der Waals surface area (Å²) in [5, 5.41) is 14.6. The molecule has 6 nitrogen and oxygen atoms in total. The number of nitrogens with zero attached hydrogens (tertiary/aromatic N) is 4. The second-order valence-corrected chi connectivity index (χ2v) is 7.79. The molecule has 0 spiro atoms. The summed E-state index contributed by atoms with van der Waals surface area (Å²) < 4.78 is 1.61. The Labute approximate surface area is 157 Å². The number of pyridine rings is 1. The highest BCUT2D eigenvalue weighted by Crippen LogP contribution is 2.51. The molecule has 0 saturated carbocycles. The van der Waals surface area contributed by atoms with E-state index in [1.807, 2.05) is 35.2 Å². The topological polar surface area (TPSA) is 70.7 Å². The Morgan fingerprint density at radius 3 is 2.81 bits per heavy atom. The minimum atomic E-state index is -0.268. The highest BCUT2D eigenvalue weighted by Gasteiger charge is 2.57. The molecule has 2 aliphatic heterocycles. The van der Waals surface area contributed by atoms with E-state index >= 15 is 0 Å². The van der Waals surface area contributed by atoms with Crippen LogP contribution in [0.1, 0.15) is 35.3 Å². The maximum atomic E-state index is 13.4. The molecule has 6 heteroatoms. The Kier molecular flexibility index (Phi) is 3.75. The van der Waals surface area contributed by atoms with Crippen LogP contribution in [0, 0.1) is 5.41 Å². The minimum absolute atomic E-state index is 0.0120. The number of carbonyl (C=O) groups excluding carboxylic acids is 1. The van der Waals surface area contributed by atoms with E-state index in [0.717, 1.165) is 25.7 Å². The lowest BCUT2D eigenvalue weighted by Crippen LogP contribution is -2.44. The summed E-state index contributed by atoms with van der Waals surface area (Å²) in [5.41, 5.74) is 2.15. The van der Waals surface area contributed by atoms with Crippen LogP contribution < -0.4 is 0 Å². The number of rotatable bonds is 4. The second kappa shape index (κ2) is 6.16. The number of aromatic nitrogens is 3. The third kappa shape index (κ3) is 2.47. The van der Waals surface area contributed by atoms with Crippen LogP contribution in [0.25, 0.3) is 5.65 Å². The number of aliphatic hydroxyl groups is 1. The zero-order chi connectivity index (χ0) is 18.4. The van der Waals surface area contributed by atoms with Crippen LogP contribution >= 0.6 is 0 Å². The summed E-state index contributed by atoms with van der Waals surface area (Å²) in [6, 6.07) is 16.0. The molecule has 2 aromatic heterocycles. The van der Waals surface area contributed by atoms with Crippen molar-refractivity contribution in [2.45, 2.75) is 37.8 Å². The van der Waals surface area contributed by atoms with Crippen molar-refractivity contribution in [2.75, 3.05) is 6.61 Å². The highest BCUT2D eigenvalue weighted by molar-refractivity contribution is 5.94. The van der Waals surface area contributed by atoms with Gasteiger partial charge in [0.25, 0.3) is 5.91 Å². The number of fused-ring (bicyclic) bond motifs is 3. The maximum Gasteiger partial charge on any atom is 0.273 e. The van der Waals surface area contributed by atoms with Crippen LogP contribution in [0.15, 0.2) is 54.9 Å². The molecule has 2 saturated heterocycles. The summed E-state index contributed by atoms with van der Waals surface area (Å²) in [5.74, 6) is -0.0120. The van der Waals surface area contributed by atoms with E-state index in [-0.39, 0.29) is 30.0 Å². The summed E-state index contributed by atoms with van der Waals surface area (Å²) in [6.45, 7) is 0.0976. The number of amides is 1. The number of hydrogen-bond acceptors (Lipinski definition) is 4. The highest BCUT2D eigenvalue weighted by atomic mass is 16.3. The average molecular weight is 362 g/mol. The number of hydrogen-bond donors (Lipinski definition) is 1. The molecule has 3 aromatic rings. The van der Waals surface area contributed by atoms with E-state index in [9.17, 15) is 9.90 Å². The van der Waals surface area contributed by atoms with Gasteiger partial charge in [-0.1, -0.05) is 36.4 Å². The van der Waals surface area contributed by atoms with Gasteiger partial charge < -0.3 is 10.0 Å². The fraction of sp³-hybridized carbons (Fsp3) is 0.381. The Balaban J connectivity index is 1.49. The van der Waals surface area contributed by atoms with E-state index in [4.69, 9.17) is 0 Å². The van der Waals surface area contributed by atoms with Crippen LogP contribution in [0.3, 0.4) is 0 Å². The van der Waals surface area contributed by atoms with Gasteiger partial charge in [0.2, 0.25) is 0 Å². The van der Waals surface area contributed by atoms with E-state index in [0.29, 0.717) is 11.3 Å². The van der Waals surface area contributed by atoms with Gasteiger partial charge in [0.15, 0.2) is 5.65 Å². The summed E-state index contributed by atoms with van der Waals surface area (Å²) >= 11 is 0. The van der Waals surface area contributed by atoms with Crippen LogP contribution in [0.2, 0.25) is 0 Å². The zero-order valence-corrected chi connectivity index (χ0v) is 15.0. The van der Waals surface area contributed by atoms with E-state index in [1.54, 1.807) is 10.6 Å². The largest absolute Gasteiger partial charge is 0.396 e. The molecule has 0 unspecified atom stereocenters. The molecule has 0 radical (unpaired) electrons. The molecule has 2 fully saturated rings. The number of aliphatic hydroxyl groups excluding tert-OH is 1. The molecule has 3 atom stereocenters. The van der Waals surface area contributed by atoms with Gasteiger partial charge in [0.05, 0.1) is 6.61 Å². The maximum absolute atomic E-state index is 13.4. The molecule has 1 amide bonds. The van der Waals surface area contributed by atoms with E-state index in [1.165, 1.54) is 11.9 Å². The molecule has 1 N–H and O–H groups in total. The molecule has 138 valence electrons. The van der Waals surface area contributed by atoms with Crippen molar-refractivity contribution in [1.82, 2.24) is 19.5 Å². The first-order chi connectivity index (χ1) is 13.2. The summed E-state index contributed by atoms with van der Waals surface area (Å²) in [4.78, 5) is 19.6. The van der Waals surface area contributed by atoms with Crippen LogP contribution in [0.5, 0.6) is 0 Å². The molecule has 4 heterocycles. The van der Waals surface area contributed by atoms with Gasteiger partial charge in [-0.3, -0.25) is 4.79 Å². The number of carbonyl (C=O) groups is 1. The predicted octanol–water partition coefficient (Wildman–Crippen LogP) is 2.33. The normalized spacial score (nSPS) is 26.8. The quantitative estimate of drug-likeness (QED) is 0.773. The van der Waals surface area contributed by atoms with Crippen LogP contribution in [0.4, 0.5) is 0 Å². The fourth-order valence-corrected chi connectivity index (χ4v) is 5.16. The molecule has 0 aliphatic carbocycles. The van der Waals surface area contributed by atoms with E-state index in [2.05, 4.69) is 22.2 Å². The molecule has 1 aromatic carbocycles. The molecule has 2 aliphatic rings. The minimum Gasteiger partial charge on any atom is -0.396 e. The first-order valence-electron chi connectivity index (χ1n) is 9.48.